The number of rotatable bonds is 4. The molecule has 1 aliphatic heterocycles. The van der Waals surface area contributed by atoms with E-state index in [-0.39, 0.29) is 12.5 Å². The van der Waals surface area contributed by atoms with Crippen molar-refractivity contribution in [2.45, 2.75) is 19.3 Å². The molecule has 0 bridgehead atoms. The van der Waals surface area contributed by atoms with Gasteiger partial charge < -0.3 is 21.7 Å². The quantitative estimate of drug-likeness (QED) is 0.708. The molecule has 0 saturated carbocycles. The number of hydrogen-bond acceptors (Lipinski definition) is 4. The molecule has 1 aliphatic rings. The molecule has 1 fully saturated rings. The smallest absolute Gasteiger partial charge is 0.248 e. The monoisotopic (exact) mass is 276 g/mol. The van der Waals surface area contributed by atoms with Crippen LogP contribution in [0.15, 0.2) is 18.2 Å². The Bertz CT molecular complexity index is 510. The normalized spacial score (nSPS) is 14.9. The number of amides is 2. The van der Waals surface area contributed by atoms with Crippen LogP contribution in [0.1, 0.15) is 29.6 Å². The molecule has 20 heavy (non-hydrogen) atoms. The van der Waals surface area contributed by atoms with E-state index in [1.807, 2.05) is 4.90 Å². The molecule has 108 valence electrons. The number of likely N-dealkylation sites (tertiary alicyclic amines) is 1. The van der Waals surface area contributed by atoms with Crippen molar-refractivity contribution in [3.05, 3.63) is 23.8 Å². The molecule has 2 rings (SSSR count). The summed E-state index contributed by atoms with van der Waals surface area (Å²) in [5.74, 6) is -0.469. The third-order valence-electron chi connectivity index (χ3n) is 3.48. The predicted octanol–water partition coefficient (Wildman–Crippen LogP) is 0.792. The molecule has 0 aromatic heterocycles. The van der Waals surface area contributed by atoms with Crippen LogP contribution in [0.25, 0.3) is 0 Å². The lowest BCUT2D eigenvalue weighted by atomic mass is 10.1. The summed E-state index contributed by atoms with van der Waals surface area (Å²) in [6.07, 6.45) is 3.31. The molecule has 6 nitrogen and oxygen atoms in total. The maximum Gasteiger partial charge on any atom is 0.248 e. The number of carbonyl (C=O) groups excluding carboxylic acids is 2. The summed E-state index contributed by atoms with van der Waals surface area (Å²) >= 11 is 0. The van der Waals surface area contributed by atoms with Gasteiger partial charge in [0.2, 0.25) is 11.8 Å². The maximum atomic E-state index is 12.0. The lowest BCUT2D eigenvalue weighted by molar-refractivity contribution is -0.130. The van der Waals surface area contributed by atoms with Crippen LogP contribution in [-0.4, -0.2) is 36.3 Å². The summed E-state index contributed by atoms with van der Waals surface area (Å²) in [5.41, 5.74) is 12.5. The van der Waals surface area contributed by atoms with Gasteiger partial charge in [-0.3, -0.25) is 9.59 Å². The van der Waals surface area contributed by atoms with Crippen molar-refractivity contribution in [3.8, 4) is 0 Å². The fraction of sp³-hybridized carbons (Fsp3) is 0.429. The number of nitrogens with zero attached hydrogens (tertiary/aromatic N) is 1. The molecule has 0 radical (unpaired) electrons. The molecule has 5 N–H and O–H groups in total. The van der Waals surface area contributed by atoms with Gasteiger partial charge in [-0.25, -0.2) is 0 Å². The van der Waals surface area contributed by atoms with E-state index in [0.717, 1.165) is 25.9 Å². The van der Waals surface area contributed by atoms with Gasteiger partial charge in [0.25, 0.3) is 0 Å². The van der Waals surface area contributed by atoms with E-state index in [2.05, 4.69) is 5.32 Å². The lowest BCUT2D eigenvalue weighted by Crippen LogP contribution is -2.39. The van der Waals surface area contributed by atoms with Gasteiger partial charge in [-0.15, -0.1) is 0 Å². The molecule has 0 aliphatic carbocycles. The topological polar surface area (TPSA) is 101 Å². The predicted molar refractivity (Wildman–Crippen MR) is 78.3 cm³/mol. The van der Waals surface area contributed by atoms with E-state index in [9.17, 15) is 9.59 Å². The van der Waals surface area contributed by atoms with Gasteiger partial charge in [0.15, 0.2) is 0 Å². The Labute approximate surface area is 118 Å². The van der Waals surface area contributed by atoms with Crippen molar-refractivity contribution in [3.63, 3.8) is 0 Å². The van der Waals surface area contributed by atoms with Crippen molar-refractivity contribution in [1.29, 1.82) is 0 Å². The van der Waals surface area contributed by atoms with Crippen LogP contribution in [0.2, 0.25) is 0 Å². The summed E-state index contributed by atoms with van der Waals surface area (Å²) in [6.45, 7) is 1.81. The van der Waals surface area contributed by atoms with Crippen LogP contribution in [0.5, 0.6) is 0 Å². The number of primary amides is 1. The largest absolute Gasteiger partial charge is 0.397 e. The molecule has 1 aromatic carbocycles. The fourth-order valence-electron chi connectivity index (χ4n) is 2.29. The average molecular weight is 276 g/mol. The minimum absolute atomic E-state index is 0.0496. The second-order valence-corrected chi connectivity index (χ2v) is 4.96. The highest BCUT2D eigenvalue weighted by atomic mass is 16.2. The minimum atomic E-state index is -0.518. The fourth-order valence-corrected chi connectivity index (χ4v) is 2.29. The summed E-state index contributed by atoms with van der Waals surface area (Å²) in [6, 6.07) is 4.74. The number of nitrogens with two attached hydrogens (primary N) is 2. The molecule has 0 spiro atoms. The Morgan fingerprint density at radius 2 is 1.90 bits per heavy atom. The van der Waals surface area contributed by atoms with Crippen molar-refractivity contribution in [2.24, 2.45) is 5.73 Å². The number of nitrogens with one attached hydrogen (secondary N) is 1. The highest BCUT2D eigenvalue weighted by molar-refractivity contribution is 5.95. The van der Waals surface area contributed by atoms with Gasteiger partial charge >= 0.3 is 0 Å². The summed E-state index contributed by atoms with van der Waals surface area (Å²) in [7, 11) is 0. The lowest BCUT2D eigenvalue weighted by Gasteiger charge is -2.27. The third kappa shape index (κ3) is 3.40. The molecular weight excluding hydrogens is 256 g/mol. The number of carbonyl (C=O) groups is 2. The van der Waals surface area contributed by atoms with E-state index in [1.165, 1.54) is 6.42 Å². The SMILES string of the molecule is NC(=O)c1ccc(N)c(NCC(=O)N2CCCCC2)c1. The van der Waals surface area contributed by atoms with Gasteiger partial charge in [0.05, 0.1) is 17.9 Å². The first kappa shape index (κ1) is 14.2. The first-order valence-electron chi connectivity index (χ1n) is 6.79. The molecule has 0 unspecified atom stereocenters. The Balaban J connectivity index is 1.97. The van der Waals surface area contributed by atoms with E-state index in [1.54, 1.807) is 18.2 Å². The van der Waals surface area contributed by atoms with Gasteiger partial charge in [-0.05, 0) is 37.5 Å². The zero-order valence-corrected chi connectivity index (χ0v) is 11.4. The Hall–Kier alpha value is -2.24. The Morgan fingerprint density at radius 1 is 1.20 bits per heavy atom. The van der Waals surface area contributed by atoms with Crippen LogP contribution >= 0.6 is 0 Å². The third-order valence-corrected chi connectivity index (χ3v) is 3.48. The molecule has 0 atom stereocenters. The van der Waals surface area contributed by atoms with Crippen molar-refractivity contribution in [1.82, 2.24) is 4.90 Å². The van der Waals surface area contributed by atoms with Gasteiger partial charge in [-0.2, -0.15) is 0 Å². The van der Waals surface area contributed by atoms with Crippen LogP contribution in [0.4, 0.5) is 11.4 Å². The number of benzene rings is 1. The van der Waals surface area contributed by atoms with Crippen molar-refractivity contribution < 1.29 is 9.59 Å². The molecular formula is C14H20N4O2. The van der Waals surface area contributed by atoms with Gasteiger partial charge in [0.1, 0.15) is 0 Å². The summed E-state index contributed by atoms with van der Waals surface area (Å²) in [5, 5.41) is 2.98. The number of nitrogen functional groups attached to an aromatic ring is 1. The van der Waals surface area contributed by atoms with Crippen LogP contribution < -0.4 is 16.8 Å². The zero-order valence-electron chi connectivity index (χ0n) is 11.4. The standard InChI is InChI=1S/C14H20N4O2/c15-11-5-4-10(14(16)20)8-12(11)17-9-13(19)18-6-2-1-3-7-18/h4-5,8,17H,1-3,6-7,9,15H2,(H2,16,20). The first-order chi connectivity index (χ1) is 9.58. The molecule has 6 heteroatoms. The highest BCUT2D eigenvalue weighted by Crippen LogP contribution is 2.20. The van der Waals surface area contributed by atoms with Crippen LogP contribution in [0, 0.1) is 0 Å². The number of piperidine rings is 1. The molecule has 1 saturated heterocycles. The summed E-state index contributed by atoms with van der Waals surface area (Å²) in [4.78, 5) is 25.0. The van der Waals surface area contributed by atoms with E-state index >= 15 is 0 Å². The first-order valence-corrected chi connectivity index (χ1v) is 6.79. The zero-order chi connectivity index (χ0) is 14.5. The molecule has 1 heterocycles. The highest BCUT2D eigenvalue weighted by Gasteiger charge is 2.16. The van der Waals surface area contributed by atoms with Crippen molar-refractivity contribution in [2.75, 3.05) is 30.7 Å². The van der Waals surface area contributed by atoms with Crippen molar-refractivity contribution >= 4 is 23.2 Å². The molecule has 1 aromatic rings. The Kier molecular flexibility index (Phi) is 4.45. The number of hydrogen-bond donors (Lipinski definition) is 3. The number of anilines is 2. The maximum absolute atomic E-state index is 12.0. The minimum Gasteiger partial charge on any atom is -0.397 e. The molecule has 2 amide bonds. The summed E-state index contributed by atoms with van der Waals surface area (Å²) < 4.78 is 0. The van der Waals surface area contributed by atoms with E-state index in [4.69, 9.17) is 11.5 Å². The second kappa shape index (κ2) is 6.27. The average Bonchev–Trinajstić information content (AvgIpc) is 2.46. The van der Waals surface area contributed by atoms with Gasteiger partial charge in [0, 0.05) is 18.7 Å². The van der Waals surface area contributed by atoms with Crippen LogP contribution in [-0.2, 0) is 4.79 Å². The van der Waals surface area contributed by atoms with Gasteiger partial charge in [-0.1, -0.05) is 0 Å². The van der Waals surface area contributed by atoms with E-state index in [0.29, 0.717) is 16.9 Å². The van der Waals surface area contributed by atoms with E-state index < -0.39 is 5.91 Å². The van der Waals surface area contributed by atoms with Crippen LogP contribution in [0.3, 0.4) is 0 Å². The Morgan fingerprint density at radius 3 is 2.55 bits per heavy atom. The second-order valence-electron chi connectivity index (χ2n) is 4.96.